The summed E-state index contributed by atoms with van der Waals surface area (Å²) in [6.07, 6.45) is 0.762. The van der Waals surface area contributed by atoms with Crippen LogP contribution >= 0.6 is 0 Å². The van der Waals surface area contributed by atoms with Gasteiger partial charge in [-0.05, 0) is 63.1 Å². The molecular formula is C29H34N4O6. The Balaban J connectivity index is 1.42. The van der Waals surface area contributed by atoms with E-state index in [0.717, 1.165) is 22.2 Å². The van der Waals surface area contributed by atoms with E-state index in [1.54, 1.807) is 36.7 Å². The van der Waals surface area contributed by atoms with Gasteiger partial charge in [0, 0.05) is 35.3 Å². The molecule has 1 aliphatic rings. The molecule has 10 heteroatoms. The topological polar surface area (TPSA) is 130 Å². The molecule has 2 heterocycles. The van der Waals surface area contributed by atoms with Gasteiger partial charge in [0.1, 0.15) is 18.4 Å². The molecule has 3 N–H and O–H groups in total. The Labute approximate surface area is 227 Å². The third-order valence-electron chi connectivity index (χ3n) is 7.29. The van der Waals surface area contributed by atoms with E-state index in [1.165, 1.54) is 7.11 Å². The van der Waals surface area contributed by atoms with Crippen LogP contribution in [-0.4, -0.2) is 64.7 Å². The standard InChI is InChI=1S/C29H34N4O6/c1-19-16-22(24-6-4-5-7-25(24)30-19)18-39-23-10-8-21(9-11-23)27(35)31-29(17-26(34)32-37)12-14-33(15-13-29)20(2)28(36)38-3/h4-11,16,20,37H,12-15,17-18H2,1-3H3,(H,31,35)(H,32,34)/t20-/m0/s1. The number of pyridine rings is 1. The first-order valence-electron chi connectivity index (χ1n) is 12.9. The number of fused-ring (bicyclic) bond motifs is 1. The second kappa shape index (κ2) is 12.2. The van der Waals surface area contributed by atoms with E-state index in [-0.39, 0.29) is 18.3 Å². The van der Waals surface area contributed by atoms with Crippen molar-refractivity contribution in [3.63, 3.8) is 0 Å². The van der Waals surface area contributed by atoms with Crippen LogP contribution in [0.5, 0.6) is 5.75 Å². The van der Waals surface area contributed by atoms with Gasteiger partial charge >= 0.3 is 5.97 Å². The highest BCUT2D eigenvalue weighted by atomic mass is 16.5. The predicted octanol–water partition coefficient (Wildman–Crippen LogP) is 3.14. The highest BCUT2D eigenvalue weighted by Gasteiger charge is 2.40. The molecule has 3 aromatic rings. The molecule has 0 saturated carbocycles. The molecule has 1 atom stereocenters. The van der Waals surface area contributed by atoms with Crippen LogP contribution in [0.1, 0.15) is 47.8 Å². The highest BCUT2D eigenvalue weighted by Crippen LogP contribution is 2.28. The molecule has 2 amide bonds. The number of benzene rings is 2. The van der Waals surface area contributed by atoms with Crippen LogP contribution in [0.15, 0.2) is 54.6 Å². The molecule has 2 aromatic carbocycles. The van der Waals surface area contributed by atoms with Crippen LogP contribution in [0, 0.1) is 6.92 Å². The number of methoxy groups -OCH3 is 1. The Bertz CT molecular complexity index is 1340. The summed E-state index contributed by atoms with van der Waals surface area (Å²) in [6.45, 7) is 5.02. The smallest absolute Gasteiger partial charge is 0.322 e. The maximum atomic E-state index is 13.2. The molecule has 0 bridgehead atoms. The van der Waals surface area contributed by atoms with E-state index in [9.17, 15) is 14.4 Å². The Morgan fingerprint density at radius 1 is 1.10 bits per heavy atom. The number of amides is 2. The number of rotatable bonds is 9. The number of ether oxygens (including phenoxy) is 2. The SMILES string of the molecule is COC(=O)[C@H](C)N1CCC(CC(=O)NO)(NC(=O)c2ccc(OCc3cc(C)nc4ccccc34)cc2)CC1. The number of hydroxylamine groups is 1. The van der Waals surface area contributed by atoms with Gasteiger partial charge in [0.2, 0.25) is 5.91 Å². The summed E-state index contributed by atoms with van der Waals surface area (Å²) in [6, 6.07) is 16.3. The molecule has 10 nitrogen and oxygen atoms in total. The molecule has 0 spiro atoms. The van der Waals surface area contributed by atoms with Crippen molar-refractivity contribution in [3.8, 4) is 5.75 Å². The number of likely N-dealkylation sites (tertiary alicyclic amines) is 1. The van der Waals surface area contributed by atoms with Crippen LogP contribution < -0.4 is 15.5 Å². The summed E-state index contributed by atoms with van der Waals surface area (Å²) in [5.74, 6) is -0.649. The number of carbonyl (C=O) groups excluding carboxylic acids is 3. The van der Waals surface area contributed by atoms with E-state index in [4.69, 9.17) is 14.7 Å². The van der Waals surface area contributed by atoms with Crippen molar-refractivity contribution >= 4 is 28.7 Å². The molecule has 1 saturated heterocycles. The maximum absolute atomic E-state index is 13.2. The average Bonchev–Trinajstić information content (AvgIpc) is 2.95. The van der Waals surface area contributed by atoms with Crippen molar-refractivity contribution in [1.82, 2.24) is 20.7 Å². The van der Waals surface area contributed by atoms with E-state index >= 15 is 0 Å². The maximum Gasteiger partial charge on any atom is 0.322 e. The van der Waals surface area contributed by atoms with Gasteiger partial charge < -0.3 is 14.8 Å². The monoisotopic (exact) mass is 534 g/mol. The van der Waals surface area contributed by atoms with Crippen LogP contribution in [-0.2, 0) is 20.9 Å². The zero-order valence-corrected chi connectivity index (χ0v) is 22.4. The van der Waals surface area contributed by atoms with Crippen molar-refractivity contribution in [2.24, 2.45) is 0 Å². The molecule has 4 rings (SSSR count). The number of hydrogen-bond acceptors (Lipinski definition) is 8. The molecular weight excluding hydrogens is 500 g/mol. The number of nitrogens with one attached hydrogen (secondary N) is 2. The third-order valence-corrected chi connectivity index (χ3v) is 7.29. The second-order valence-electron chi connectivity index (χ2n) is 9.93. The van der Waals surface area contributed by atoms with Crippen molar-refractivity contribution in [2.75, 3.05) is 20.2 Å². The zero-order chi connectivity index (χ0) is 28.0. The Hall–Kier alpha value is -4.02. The minimum atomic E-state index is -0.869. The first-order chi connectivity index (χ1) is 18.7. The van der Waals surface area contributed by atoms with Gasteiger partial charge in [-0.3, -0.25) is 29.5 Å². The summed E-state index contributed by atoms with van der Waals surface area (Å²) in [4.78, 5) is 43.7. The number of aromatic nitrogens is 1. The van der Waals surface area contributed by atoms with Crippen molar-refractivity contribution in [1.29, 1.82) is 0 Å². The summed E-state index contributed by atoms with van der Waals surface area (Å²) in [5.41, 5.74) is 4.06. The third kappa shape index (κ3) is 6.71. The summed E-state index contributed by atoms with van der Waals surface area (Å²) in [5, 5.41) is 13.2. The first kappa shape index (κ1) is 28.0. The van der Waals surface area contributed by atoms with Gasteiger partial charge in [-0.25, -0.2) is 5.48 Å². The van der Waals surface area contributed by atoms with Crippen molar-refractivity contribution in [3.05, 3.63) is 71.4 Å². The molecule has 206 valence electrons. The van der Waals surface area contributed by atoms with Gasteiger partial charge in [-0.2, -0.15) is 0 Å². The van der Waals surface area contributed by atoms with Crippen molar-refractivity contribution < 1.29 is 29.1 Å². The number of esters is 1. The van der Waals surface area contributed by atoms with Gasteiger partial charge in [0.25, 0.3) is 5.91 Å². The lowest BCUT2D eigenvalue weighted by atomic mass is 9.83. The average molecular weight is 535 g/mol. The molecule has 1 aliphatic heterocycles. The number of hydrogen-bond donors (Lipinski definition) is 3. The van der Waals surface area contributed by atoms with Gasteiger partial charge in [-0.15, -0.1) is 0 Å². The Kier molecular flexibility index (Phi) is 8.78. The minimum absolute atomic E-state index is 0.0871. The number of aryl methyl sites for hydroxylation is 1. The lowest BCUT2D eigenvalue weighted by Crippen LogP contribution is -2.58. The lowest BCUT2D eigenvalue weighted by molar-refractivity contribution is -0.147. The zero-order valence-electron chi connectivity index (χ0n) is 22.4. The molecule has 0 unspecified atom stereocenters. The number of nitrogens with zero attached hydrogens (tertiary/aromatic N) is 2. The van der Waals surface area contributed by atoms with E-state index < -0.39 is 17.5 Å². The van der Waals surface area contributed by atoms with Crippen LogP contribution in [0.3, 0.4) is 0 Å². The largest absolute Gasteiger partial charge is 0.489 e. The first-order valence-corrected chi connectivity index (χ1v) is 12.9. The normalized spacial score (nSPS) is 15.8. The number of piperidine rings is 1. The van der Waals surface area contributed by atoms with Gasteiger partial charge in [0.05, 0.1) is 24.6 Å². The minimum Gasteiger partial charge on any atom is -0.489 e. The fraction of sp³-hybridized carbons (Fsp3) is 0.379. The quantitative estimate of drug-likeness (QED) is 0.217. The molecule has 0 radical (unpaired) electrons. The van der Waals surface area contributed by atoms with Crippen LogP contribution in [0.4, 0.5) is 0 Å². The number of carbonyl (C=O) groups is 3. The molecule has 1 aromatic heterocycles. The Morgan fingerprint density at radius 3 is 2.46 bits per heavy atom. The fourth-order valence-corrected chi connectivity index (χ4v) is 5.04. The fourth-order valence-electron chi connectivity index (χ4n) is 5.04. The summed E-state index contributed by atoms with van der Waals surface area (Å²) < 4.78 is 10.8. The highest BCUT2D eigenvalue weighted by molar-refractivity contribution is 5.95. The summed E-state index contributed by atoms with van der Waals surface area (Å²) >= 11 is 0. The van der Waals surface area contributed by atoms with E-state index in [1.807, 2.05) is 42.2 Å². The Morgan fingerprint density at radius 2 is 1.79 bits per heavy atom. The molecule has 0 aliphatic carbocycles. The number of para-hydroxylation sites is 1. The molecule has 39 heavy (non-hydrogen) atoms. The predicted molar refractivity (Wildman–Crippen MR) is 144 cm³/mol. The van der Waals surface area contributed by atoms with Crippen molar-refractivity contribution in [2.45, 2.75) is 51.3 Å². The second-order valence-corrected chi connectivity index (χ2v) is 9.93. The lowest BCUT2D eigenvalue weighted by Gasteiger charge is -2.43. The van der Waals surface area contributed by atoms with Crippen LogP contribution in [0.25, 0.3) is 10.9 Å². The van der Waals surface area contributed by atoms with Crippen LogP contribution in [0.2, 0.25) is 0 Å². The van der Waals surface area contributed by atoms with Gasteiger partial charge in [-0.1, -0.05) is 18.2 Å². The summed E-state index contributed by atoms with van der Waals surface area (Å²) in [7, 11) is 1.34. The van der Waals surface area contributed by atoms with E-state index in [2.05, 4.69) is 10.3 Å². The molecule has 1 fully saturated rings. The van der Waals surface area contributed by atoms with E-state index in [0.29, 0.717) is 43.9 Å². The van der Waals surface area contributed by atoms with Gasteiger partial charge in [0.15, 0.2) is 0 Å².